The van der Waals surface area contributed by atoms with Gasteiger partial charge < -0.3 is 14.7 Å². The smallest absolute Gasteiger partial charge is 0.277 e. The molecule has 6 nitrogen and oxygen atoms in total. The van der Waals surface area contributed by atoms with Gasteiger partial charge >= 0.3 is 0 Å². The van der Waals surface area contributed by atoms with E-state index in [1.54, 1.807) is 6.20 Å². The van der Waals surface area contributed by atoms with Crippen molar-refractivity contribution in [2.75, 3.05) is 11.1 Å². The molecule has 0 bridgehead atoms. The maximum absolute atomic E-state index is 13.6. The molecule has 27 heavy (non-hydrogen) atoms. The number of hydrogen-bond donors (Lipinski definition) is 2. The van der Waals surface area contributed by atoms with Gasteiger partial charge in [0.25, 0.3) is 11.1 Å². The van der Waals surface area contributed by atoms with Crippen LogP contribution in [0.3, 0.4) is 0 Å². The molecule has 0 spiro atoms. The fourth-order valence-electron chi connectivity index (χ4n) is 2.55. The van der Waals surface area contributed by atoms with Gasteiger partial charge in [0, 0.05) is 17.1 Å². The number of anilines is 1. The molecule has 0 aliphatic rings. The van der Waals surface area contributed by atoms with Gasteiger partial charge in [0.05, 0.1) is 11.3 Å². The van der Waals surface area contributed by atoms with Crippen LogP contribution in [0.25, 0.3) is 22.4 Å². The third kappa shape index (κ3) is 3.54. The van der Waals surface area contributed by atoms with E-state index in [9.17, 15) is 13.6 Å². The lowest BCUT2D eigenvalue weighted by Gasteiger charge is -2.06. The molecule has 2 heterocycles. The van der Waals surface area contributed by atoms with Gasteiger partial charge in [-0.15, -0.1) is 10.2 Å². The Morgan fingerprint density at radius 3 is 2.70 bits per heavy atom. The van der Waals surface area contributed by atoms with Gasteiger partial charge in [0.15, 0.2) is 0 Å². The number of nitrogens with one attached hydrogen (secondary N) is 2. The van der Waals surface area contributed by atoms with E-state index in [0.717, 1.165) is 40.4 Å². The summed E-state index contributed by atoms with van der Waals surface area (Å²) in [5.41, 5.74) is 1.21. The molecule has 0 radical (unpaired) electrons. The topological polar surface area (TPSA) is 83.8 Å². The molecule has 1 amide bonds. The van der Waals surface area contributed by atoms with E-state index < -0.39 is 23.2 Å². The van der Waals surface area contributed by atoms with Crippen LogP contribution >= 0.6 is 11.8 Å². The van der Waals surface area contributed by atoms with E-state index in [2.05, 4.69) is 20.5 Å². The molecule has 0 aliphatic carbocycles. The molecular formula is C18H12F2N4O2S. The molecule has 0 atom stereocenters. The van der Waals surface area contributed by atoms with Crippen molar-refractivity contribution in [3.63, 3.8) is 0 Å². The lowest BCUT2D eigenvalue weighted by Crippen LogP contribution is -2.16. The highest BCUT2D eigenvalue weighted by molar-refractivity contribution is 7.99. The van der Waals surface area contributed by atoms with E-state index in [-0.39, 0.29) is 11.0 Å². The summed E-state index contributed by atoms with van der Waals surface area (Å²) < 4.78 is 32.7. The number of nitrogens with zero attached hydrogens (tertiary/aromatic N) is 2. The predicted octanol–water partition coefficient (Wildman–Crippen LogP) is 4.23. The van der Waals surface area contributed by atoms with Crippen molar-refractivity contribution in [1.29, 1.82) is 0 Å². The lowest BCUT2D eigenvalue weighted by molar-refractivity contribution is -0.113. The van der Waals surface area contributed by atoms with E-state index in [0.29, 0.717) is 5.89 Å². The number of carbonyl (C=O) groups is 1. The van der Waals surface area contributed by atoms with E-state index >= 15 is 0 Å². The molecule has 0 saturated carbocycles. The SMILES string of the molecule is O=C(CSc1nnc(-c2c[nH]c3ccccc23)o1)Nc1c(F)cccc1F. The average Bonchev–Trinajstić information content (AvgIpc) is 3.29. The number of carbonyl (C=O) groups excluding carboxylic acids is 1. The van der Waals surface area contributed by atoms with Crippen LogP contribution in [0.5, 0.6) is 0 Å². The number of aromatic amines is 1. The number of amides is 1. The van der Waals surface area contributed by atoms with Crippen molar-refractivity contribution in [2.45, 2.75) is 5.22 Å². The quantitative estimate of drug-likeness (QED) is 0.502. The Kier molecular flexibility index (Phi) is 4.59. The highest BCUT2D eigenvalue weighted by Crippen LogP contribution is 2.29. The first-order valence-corrected chi connectivity index (χ1v) is 8.87. The Labute approximate surface area is 156 Å². The van der Waals surface area contributed by atoms with E-state index in [1.807, 2.05) is 24.3 Å². The summed E-state index contributed by atoms with van der Waals surface area (Å²) >= 11 is 0.976. The van der Waals surface area contributed by atoms with Crippen molar-refractivity contribution < 1.29 is 18.0 Å². The lowest BCUT2D eigenvalue weighted by atomic mass is 10.2. The second kappa shape index (κ2) is 7.20. The number of hydrogen-bond acceptors (Lipinski definition) is 5. The number of rotatable bonds is 5. The number of thioether (sulfide) groups is 1. The number of aromatic nitrogens is 3. The van der Waals surface area contributed by atoms with Crippen molar-refractivity contribution in [3.05, 3.63) is 60.3 Å². The van der Waals surface area contributed by atoms with Gasteiger partial charge in [0.2, 0.25) is 5.91 Å². The maximum Gasteiger partial charge on any atom is 0.277 e. The number of para-hydroxylation sites is 2. The summed E-state index contributed by atoms with van der Waals surface area (Å²) in [5.74, 6) is -2.09. The summed E-state index contributed by atoms with van der Waals surface area (Å²) in [7, 11) is 0. The Balaban J connectivity index is 1.43. The van der Waals surface area contributed by atoms with Crippen LogP contribution in [0.15, 0.2) is 58.3 Å². The molecule has 2 aromatic heterocycles. The van der Waals surface area contributed by atoms with Crippen LogP contribution < -0.4 is 5.32 Å². The van der Waals surface area contributed by atoms with Gasteiger partial charge in [-0.25, -0.2) is 8.78 Å². The molecule has 0 aliphatic heterocycles. The van der Waals surface area contributed by atoms with Gasteiger partial charge in [-0.2, -0.15) is 0 Å². The number of benzene rings is 2. The monoisotopic (exact) mass is 386 g/mol. The summed E-state index contributed by atoms with van der Waals surface area (Å²) in [4.78, 5) is 15.1. The third-order valence-electron chi connectivity index (χ3n) is 3.78. The summed E-state index contributed by atoms with van der Waals surface area (Å²) in [6.07, 6.45) is 1.76. The highest BCUT2D eigenvalue weighted by Gasteiger charge is 2.16. The first kappa shape index (κ1) is 17.2. The minimum atomic E-state index is -0.840. The summed E-state index contributed by atoms with van der Waals surface area (Å²) in [6, 6.07) is 11.0. The molecule has 0 saturated heterocycles. The van der Waals surface area contributed by atoms with Crippen LogP contribution in [0.2, 0.25) is 0 Å². The summed E-state index contributed by atoms with van der Waals surface area (Å²) in [6.45, 7) is 0. The van der Waals surface area contributed by atoms with Crippen LogP contribution in [-0.2, 0) is 4.79 Å². The largest absolute Gasteiger partial charge is 0.411 e. The van der Waals surface area contributed by atoms with Crippen LogP contribution in [0.1, 0.15) is 0 Å². The van der Waals surface area contributed by atoms with E-state index in [4.69, 9.17) is 4.42 Å². The molecule has 0 unspecified atom stereocenters. The van der Waals surface area contributed by atoms with Crippen molar-refractivity contribution in [3.8, 4) is 11.5 Å². The fourth-order valence-corrected chi connectivity index (χ4v) is 3.11. The number of fused-ring (bicyclic) bond motifs is 1. The molecule has 9 heteroatoms. The first-order valence-electron chi connectivity index (χ1n) is 7.88. The Morgan fingerprint density at radius 1 is 1.11 bits per heavy atom. The van der Waals surface area contributed by atoms with Gasteiger partial charge in [-0.3, -0.25) is 4.79 Å². The Morgan fingerprint density at radius 2 is 1.89 bits per heavy atom. The van der Waals surface area contributed by atoms with Crippen molar-refractivity contribution in [2.24, 2.45) is 0 Å². The molecule has 136 valence electrons. The Bertz CT molecular complexity index is 1110. The zero-order valence-corrected chi connectivity index (χ0v) is 14.5. The molecule has 2 N–H and O–H groups in total. The van der Waals surface area contributed by atoms with Gasteiger partial charge in [-0.1, -0.05) is 36.0 Å². The molecule has 4 aromatic rings. The second-order valence-electron chi connectivity index (χ2n) is 5.55. The van der Waals surface area contributed by atoms with Crippen LogP contribution in [0, 0.1) is 11.6 Å². The zero-order valence-electron chi connectivity index (χ0n) is 13.7. The van der Waals surface area contributed by atoms with Crippen LogP contribution in [0.4, 0.5) is 14.5 Å². The average molecular weight is 386 g/mol. The standard InChI is InChI=1S/C18H12F2N4O2S/c19-12-5-3-6-13(20)16(12)22-15(25)9-27-18-24-23-17(26-18)11-8-21-14-7-2-1-4-10(11)14/h1-8,21H,9H2,(H,22,25). The summed E-state index contributed by atoms with van der Waals surface area (Å²) in [5, 5.41) is 11.2. The third-order valence-corrected chi connectivity index (χ3v) is 4.60. The minimum Gasteiger partial charge on any atom is -0.411 e. The van der Waals surface area contributed by atoms with Crippen molar-refractivity contribution in [1.82, 2.24) is 15.2 Å². The zero-order chi connectivity index (χ0) is 18.8. The molecule has 2 aromatic carbocycles. The van der Waals surface area contributed by atoms with Gasteiger partial charge in [-0.05, 0) is 18.2 Å². The first-order chi connectivity index (χ1) is 13.1. The molecule has 0 fully saturated rings. The molecule has 4 rings (SSSR count). The minimum absolute atomic E-state index is 0.136. The number of halogens is 2. The number of H-pyrrole nitrogens is 1. The Hall–Kier alpha value is -3.20. The molecular weight excluding hydrogens is 374 g/mol. The second-order valence-corrected chi connectivity index (χ2v) is 6.48. The maximum atomic E-state index is 13.6. The van der Waals surface area contributed by atoms with Crippen molar-refractivity contribution >= 4 is 34.3 Å². The fraction of sp³-hybridized carbons (Fsp3) is 0.0556. The van der Waals surface area contributed by atoms with Gasteiger partial charge in [0.1, 0.15) is 17.3 Å². The normalized spacial score (nSPS) is 11.0. The van der Waals surface area contributed by atoms with Crippen LogP contribution in [-0.4, -0.2) is 26.8 Å². The predicted molar refractivity (Wildman–Crippen MR) is 97.3 cm³/mol. The highest BCUT2D eigenvalue weighted by atomic mass is 32.2. The van der Waals surface area contributed by atoms with E-state index in [1.165, 1.54) is 6.07 Å².